The van der Waals surface area contributed by atoms with Crippen LogP contribution in [0.15, 0.2) is 24.3 Å². The number of aliphatic hydroxyl groups is 4. The minimum absolute atomic E-state index is 0.280. The third-order valence-corrected chi connectivity index (χ3v) is 5.51. The van der Waals surface area contributed by atoms with Crippen molar-refractivity contribution in [1.29, 1.82) is 0 Å². The predicted molar refractivity (Wildman–Crippen MR) is 121 cm³/mol. The van der Waals surface area contributed by atoms with Gasteiger partial charge in [0, 0.05) is 13.0 Å². The smallest absolute Gasteiger partial charge is 0.303 e. The minimum atomic E-state index is -1.40. The number of carbonyl (C=O) groups is 1. The van der Waals surface area contributed by atoms with Crippen LogP contribution in [-0.2, 0) is 14.3 Å². The molecule has 8 heteroatoms. The number of carboxylic acid groups (broad SMARTS) is 1. The zero-order valence-electron chi connectivity index (χ0n) is 19.1. The van der Waals surface area contributed by atoms with Crippen LogP contribution in [0.5, 0.6) is 0 Å². The molecule has 1 heterocycles. The first kappa shape index (κ1) is 28.7. The normalized spacial score (nSPS) is 26.3. The van der Waals surface area contributed by atoms with Gasteiger partial charge in [0.05, 0.1) is 6.61 Å². The van der Waals surface area contributed by atoms with Gasteiger partial charge in [-0.3, -0.25) is 4.79 Å². The molecule has 5 N–H and O–H groups in total. The molecule has 8 nitrogen and oxygen atoms in total. The summed E-state index contributed by atoms with van der Waals surface area (Å²) in [5.74, 6) is -0.707. The van der Waals surface area contributed by atoms with Crippen molar-refractivity contribution in [2.24, 2.45) is 0 Å². The van der Waals surface area contributed by atoms with Crippen molar-refractivity contribution >= 4 is 5.97 Å². The Labute approximate surface area is 191 Å². The van der Waals surface area contributed by atoms with Crippen molar-refractivity contribution in [3.05, 3.63) is 24.3 Å². The molecule has 1 rings (SSSR count). The molecule has 0 spiro atoms. The molecule has 1 aliphatic heterocycles. The summed E-state index contributed by atoms with van der Waals surface area (Å²) < 4.78 is 10.8. The maximum Gasteiger partial charge on any atom is 0.303 e. The lowest BCUT2D eigenvalue weighted by Gasteiger charge is -2.39. The van der Waals surface area contributed by atoms with Crippen LogP contribution in [0.4, 0.5) is 0 Å². The average molecular weight is 459 g/mol. The van der Waals surface area contributed by atoms with E-state index in [0.29, 0.717) is 6.61 Å². The van der Waals surface area contributed by atoms with Gasteiger partial charge in [-0.25, -0.2) is 0 Å². The fourth-order valence-corrected chi connectivity index (χ4v) is 3.52. The van der Waals surface area contributed by atoms with Crippen molar-refractivity contribution in [3.63, 3.8) is 0 Å². The van der Waals surface area contributed by atoms with Gasteiger partial charge in [-0.2, -0.15) is 0 Å². The van der Waals surface area contributed by atoms with Crippen LogP contribution in [-0.4, -0.2) is 75.4 Å². The van der Waals surface area contributed by atoms with E-state index in [1.54, 1.807) is 0 Å². The van der Waals surface area contributed by atoms with Crippen LogP contribution in [0.25, 0.3) is 0 Å². The fraction of sp³-hybridized carbons (Fsp3) is 0.792. The second kappa shape index (κ2) is 18.2. The van der Waals surface area contributed by atoms with Crippen molar-refractivity contribution in [2.75, 3.05) is 13.2 Å². The molecule has 1 unspecified atom stereocenters. The summed E-state index contributed by atoms with van der Waals surface area (Å²) in [5, 5.41) is 47.1. The van der Waals surface area contributed by atoms with E-state index in [4.69, 9.17) is 19.7 Å². The molecule has 1 aliphatic rings. The molecule has 0 aromatic carbocycles. The predicted octanol–water partition coefficient (Wildman–Crippen LogP) is 2.68. The number of hydrogen-bond donors (Lipinski definition) is 5. The Kier molecular flexibility index (Phi) is 16.3. The highest BCUT2D eigenvalue weighted by Crippen LogP contribution is 2.22. The first-order valence-corrected chi connectivity index (χ1v) is 11.9. The molecule has 32 heavy (non-hydrogen) atoms. The fourth-order valence-electron chi connectivity index (χ4n) is 3.52. The summed E-state index contributed by atoms with van der Waals surface area (Å²) in [7, 11) is 0. The van der Waals surface area contributed by atoms with Crippen molar-refractivity contribution in [1.82, 2.24) is 0 Å². The Hall–Kier alpha value is -1.29. The Bertz CT molecular complexity index is 534. The Balaban J connectivity index is 1.94. The second-order valence-electron chi connectivity index (χ2n) is 8.30. The van der Waals surface area contributed by atoms with E-state index in [9.17, 15) is 20.1 Å². The first-order chi connectivity index (χ1) is 15.5. The molecule has 186 valence electrons. The number of aliphatic hydroxyl groups excluding tert-OH is 4. The maximum absolute atomic E-state index is 10.4. The molecule has 0 radical (unpaired) electrons. The zero-order valence-corrected chi connectivity index (χ0v) is 19.1. The lowest BCUT2D eigenvalue weighted by Crippen LogP contribution is -2.59. The third kappa shape index (κ3) is 12.7. The molecule has 5 atom stereocenters. The molecule has 0 aliphatic carbocycles. The lowest BCUT2D eigenvalue weighted by atomic mass is 9.99. The van der Waals surface area contributed by atoms with Crippen LogP contribution >= 0.6 is 0 Å². The van der Waals surface area contributed by atoms with Crippen LogP contribution in [0, 0.1) is 0 Å². The summed E-state index contributed by atoms with van der Waals surface area (Å²) in [5.41, 5.74) is 0. The van der Waals surface area contributed by atoms with E-state index >= 15 is 0 Å². The molecule has 0 bridgehead atoms. The quantitative estimate of drug-likeness (QED) is 0.156. The highest BCUT2D eigenvalue weighted by atomic mass is 16.7. The van der Waals surface area contributed by atoms with Crippen LogP contribution in [0.2, 0.25) is 0 Å². The monoisotopic (exact) mass is 458 g/mol. The first-order valence-electron chi connectivity index (χ1n) is 11.9. The largest absolute Gasteiger partial charge is 0.481 e. The van der Waals surface area contributed by atoms with Crippen molar-refractivity contribution in [2.45, 2.75) is 108 Å². The number of aliphatic carboxylic acids is 1. The van der Waals surface area contributed by atoms with Gasteiger partial charge in [0.2, 0.25) is 0 Å². The summed E-state index contributed by atoms with van der Waals surface area (Å²) in [6.45, 7) is -0.0861. The number of ether oxygens (including phenoxy) is 2. The van der Waals surface area contributed by atoms with Crippen molar-refractivity contribution in [3.8, 4) is 0 Å². The highest BCUT2D eigenvalue weighted by molar-refractivity contribution is 5.66. The SMILES string of the molecule is O=C(O)CCCCCCC/C=C\C/C=C\CCCCCOC1O[C@H](CO)[C@@H](O)[C@H](O)[C@H]1O. The van der Waals surface area contributed by atoms with E-state index in [0.717, 1.165) is 70.6 Å². The van der Waals surface area contributed by atoms with Gasteiger partial charge in [0.1, 0.15) is 24.4 Å². The number of rotatable bonds is 18. The van der Waals surface area contributed by atoms with E-state index in [-0.39, 0.29) is 6.42 Å². The molecule has 0 aromatic heterocycles. The molecular formula is C24H42O8. The summed E-state index contributed by atoms with van der Waals surface area (Å²) in [6, 6.07) is 0. The topological polar surface area (TPSA) is 137 Å². The highest BCUT2D eigenvalue weighted by Gasteiger charge is 2.43. The molecule has 0 saturated carbocycles. The van der Waals surface area contributed by atoms with Gasteiger partial charge in [-0.1, -0.05) is 50.0 Å². The van der Waals surface area contributed by atoms with Gasteiger partial charge in [0.15, 0.2) is 6.29 Å². The Morgan fingerprint density at radius 3 is 2.00 bits per heavy atom. The third-order valence-electron chi connectivity index (χ3n) is 5.51. The van der Waals surface area contributed by atoms with Crippen LogP contribution < -0.4 is 0 Å². The lowest BCUT2D eigenvalue weighted by molar-refractivity contribution is -0.301. The number of unbranched alkanes of at least 4 members (excludes halogenated alkanes) is 8. The second-order valence-corrected chi connectivity index (χ2v) is 8.30. The van der Waals surface area contributed by atoms with Gasteiger partial charge < -0.3 is 35.0 Å². The number of carboxylic acids is 1. The standard InChI is InChI=1S/C24H42O8/c25-18-19-21(28)22(29)23(30)24(32-19)31-17-15-13-11-9-7-5-3-1-2-4-6-8-10-12-14-16-20(26)27/h1-2,5,7,19,21-25,28-30H,3-4,6,8-18H2,(H,26,27)/b2-1-,7-5-/t19-,21-,22+,23-,24?/m1/s1. The molecule has 0 aromatic rings. The number of allylic oxidation sites excluding steroid dienone is 4. The summed E-state index contributed by atoms with van der Waals surface area (Å²) in [6.07, 6.45) is 13.9. The molecular weight excluding hydrogens is 416 g/mol. The van der Waals surface area contributed by atoms with E-state index < -0.39 is 43.3 Å². The van der Waals surface area contributed by atoms with Crippen molar-refractivity contribution < 1.29 is 39.8 Å². The zero-order chi connectivity index (χ0) is 23.6. The summed E-state index contributed by atoms with van der Waals surface area (Å²) in [4.78, 5) is 10.4. The molecule has 0 amide bonds. The van der Waals surface area contributed by atoms with Crippen LogP contribution in [0.3, 0.4) is 0 Å². The average Bonchev–Trinajstić information content (AvgIpc) is 2.77. The van der Waals surface area contributed by atoms with Gasteiger partial charge in [0.25, 0.3) is 0 Å². The minimum Gasteiger partial charge on any atom is -0.481 e. The molecule has 1 fully saturated rings. The van der Waals surface area contributed by atoms with Gasteiger partial charge in [-0.15, -0.1) is 0 Å². The van der Waals surface area contributed by atoms with E-state index in [2.05, 4.69) is 24.3 Å². The number of hydrogen-bond acceptors (Lipinski definition) is 7. The van der Waals surface area contributed by atoms with Gasteiger partial charge >= 0.3 is 5.97 Å². The van der Waals surface area contributed by atoms with Gasteiger partial charge in [-0.05, 0) is 44.9 Å². The summed E-state index contributed by atoms with van der Waals surface area (Å²) >= 11 is 0. The van der Waals surface area contributed by atoms with Crippen LogP contribution in [0.1, 0.15) is 77.0 Å². The maximum atomic E-state index is 10.4. The van der Waals surface area contributed by atoms with E-state index in [1.807, 2.05) is 0 Å². The Morgan fingerprint density at radius 2 is 1.38 bits per heavy atom. The Morgan fingerprint density at radius 1 is 0.781 bits per heavy atom. The van der Waals surface area contributed by atoms with E-state index in [1.165, 1.54) is 0 Å². The molecule has 1 saturated heterocycles.